The van der Waals surface area contributed by atoms with Gasteiger partial charge in [0.15, 0.2) is 0 Å². The summed E-state index contributed by atoms with van der Waals surface area (Å²) >= 11 is 0. The highest BCUT2D eigenvalue weighted by Crippen LogP contribution is 2.26. The average molecular weight is 279 g/mol. The van der Waals surface area contributed by atoms with Gasteiger partial charge in [-0.1, -0.05) is 0 Å². The van der Waals surface area contributed by atoms with Crippen LogP contribution in [0, 0.1) is 5.41 Å². The van der Waals surface area contributed by atoms with E-state index in [4.69, 9.17) is 15.9 Å². The van der Waals surface area contributed by atoms with Crippen molar-refractivity contribution < 1.29 is 22.7 Å². The maximum Gasteiger partial charge on any atom is 0.433 e. The Bertz CT molecular complexity index is 435. The summed E-state index contributed by atoms with van der Waals surface area (Å²) in [4.78, 5) is 12.7. The van der Waals surface area contributed by atoms with E-state index in [1.807, 2.05) is 0 Å². The van der Waals surface area contributed by atoms with E-state index in [-0.39, 0.29) is 24.4 Å². The Morgan fingerprint density at radius 3 is 2.26 bits per heavy atom. The second-order valence-corrected chi connectivity index (χ2v) is 5.21. The number of ether oxygens (including phenoxy) is 1. The summed E-state index contributed by atoms with van der Waals surface area (Å²) in [6.45, 7) is 4.42. The van der Waals surface area contributed by atoms with Gasteiger partial charge in [0.2, 0.25) is 0 Å². The molecular weight excluding hydrogens is 263 g/mol. The molecule has 0 aromatic heterocycles. The maximum absolute atomic E-state index is 12.4. The van der Waals surface area contributed by atoms with Crippen LogP contribution in [0.3, 0.4) is 0 Å². The zero-order valence-corrected chi connectivity index (χ0v) is 10.9. The van der Waals surface area contributed by atoms with Crippen molar-refractivity contribution in [3.05, 3.63) is 11.3 Å². The lowest BCUT2D eigenvalue weighted by Gasteiger charge is -2.24. The Hall–Kier alpha value is -1.73. The molecule has 1 heterocycles. The highest BCUT2D eigenvalue weighted by atomic mass is 19.4. The lowest BCUT2D eigenvalue weighted by molar-refractivity contribution is -0.0591. The fraction of sp³-hybridized carbons (Fsp3) is 0.636. The number of alkyl halides is 3. The third kappa shape index (κ3) is 3.87. The first kappa shape index (κ1) is 15.3. The molecule has 0 unspecified atom stereocenters. The Morgan fingerprint density at radius 2 is 1.84 bits per heavy atom. The molecule has 1 aliphatic rings. The second kappa shape index (κ2) is 4.75. The van der Waals surface area contributed by atoms with Crippen LogP contribution in [-0.4, -0.2) is 41.6 Å². The molecule has 0 aromatic rings. The Balaban J connectivity index is 2.76. The molecule has 5 nitrogen and oxygen atoms in total. The summed E-state index contributed by atoms with van der Waals surface area (Å²) in [7, 11) is 0. The standard InChI is InChI=1S/C11H16F3N3O2/c1-10(2,3)19-9(18)17-4-6(7(15)5-17)8(16)11(12,13)14/h16H,4-5,15H2,1-3H3. The number of hydrogen-bond acceptors (Lipinski definition) is 4. The predicted molar refractivity (Wildman–Crippen MR) is 62.8 cm³/mol. The van der Waals surface area contributed by atoms with Gasteiger partial charge in [-0.25, -0.2) is 4.79 Å². The van der Waals surface area contributed by atoms with Crippen LogP contribution < -0.4 is 5.73 Å². The molecule has 1 aliphatic heterocycles. The largest absolute Gasteiger partial charge is 0.444 e. The number of hydrogen-bond donors (Lipinski definition) is 2. The highest BCUT2D eigenvalue weighted by molar-refractivity contribution is 6.03. The van der Waals surface area contributed by atoms with E-state index >= 15 is 0 Å². The van der Waals surface area contributed by atoms with Gasteiger partial charge in [-0.3, -0.25) is 10.3 Å². The predicted octanol–water partition coefficient (Wildman–Crippen LogP) is 2.03. The van der Waals surface area contributed by atoms with Crippen LogP contribution in [-0.2, 0) is 4.74 Å². The van der Waals surface area contributed by atoms with Crippen molar-refractivity contribution in [3.63, 3.8) is 0 Å². The normalized spacial score (nSPS) is 16.8. The van der Waals surface area contributed by atoms with Crippen LogP contribution in [0.5, 0.6) is 0 Å². The zero-order valence-electron chi connectivity index (χ0n) is 10.9. The van der Waals surface area contributed by atoms with E-state index in [1.54, 1.807) is 20.8 Å². The SMILES string of the molecule is CC(C)(C)OC(=O)N1CC(N)=C(C(=N)C(F)(F)F)C1. The van der Waals surface area contributed by atoms with Gasteiger partial charge in [0.25, 0.3) is 0 Å². The number of carbonyl (C=O) groups excluding carboxylic acids is 1. The minimum Gasteiger partial charge on any atom is -0.444 e. The number of nitrogens with one attached hydrogen (secondary N) is 1. The number of nitrogens with two attached hydrogens (primary N) is 1. The fourth-order valence-corrected chi connectivity index (χ4v) is 1.52. The van der Waals surface area contributed by atoms with Crippen LogP contribution in [0.15, 0.2) is 11.3 Å². The van der Waals surface area contributed by atoms with Crippen molar-refractivity contribution in [3.8, 4) is 0 Å². The van der Waals surface area contributed by atoms with Gasteiger partial charge in [-0.05, 0) is 20.8 Å². The molecule has 0 fully saturated rings. The average Bonchev–Trinajstić information content (AvgIpc) is 2.55. The lowest BCUT2D eigenvalue weighted by Crippen LogP contribution is -2.37. The number of amides is 1. The summed E-state index contributed by atoms with van der Waals surface area (Å²) in [5, 5.41) is 7.04. The molecule has 1 rings (SSSR count). The Kier molecular flexibility index (Phi) is 3.83. The van der Waals surface area contributed by atoms with Gasteiger partial charge in [0, 0.05) is 11.3 Å². The monoisotopic (exact) mass is 279 g/mol. The molecule has 0 saturated heterocycles. The fourth-order valence-electron chi connectivity index (χ4n) is 1.52. The highest BCUT2D eigenvalue weighted by Gasteiger charge is 2.41. The van der Waals surface area contributed by atoms with Gasteiger partial charge in [0.1, 0.15) is 11.3 Å². The van der Waals surface area contributed by atoms with E-state index in [0.717, 1.165) is 4.90 Å². The van der Waals surface area contributed by atoms with Crippen LogP contribution >= 0.6 is 0 Å². The molecule has 0 saturated carbocycles. The minimum absolute atomic E-state index is 0.131. The third-order valence-corrected chi connectivity index (χ3v) is 2.33. The molecule has 8 heteroatoms. The second-order valence-electron chi connectivity index (χ2n) is 5.21. The molecule has 0 aliphatic carbocycles. The number of halogens is 3. The van der Waals surface area contributed by atoms with Crippen molar-refractivity contribution in [1.82, 2.24) is 4.90 Å². The van der Waals surface area contributed by atoms with Gasteiger partial charge < -0.3 is 10.5 Å². The molecule has 0 spiro atoms. The van der Waals surface area contributed by atoms with Crippen LogP contribution in [0.1, 0.15) is 20.8 Å². The lowest BCUT2D eigenvalue weighted by atomic mass is 10.1. The first-order valence-electron chi connectivity index (χ1n) is 5.53. The molecule has 0 aromatic carbocycles. The smallest absolute Gasteiger partial charge is 0.433 e. The van der Waals surface area contributed by atoms with E-state index in [0.29, 0.717) is 0 Å². The number of nitrogens with zero attached hydrogens (tertiary/aromatic N) is 1. The summed E-state index contributed by atoms with van der Waals surface area (Å²) < 4.78 is 42.3. The van der Waals surface area contributed by atoms with Gasteiger partial charge in [-0.15, -0.1) is 0 Å². The Morgan fingerprint density at radius 1 is 1.32 bits per heavy atom. The molecule has 0 atom stereocenters. The van der Waals surface area contributed by atoms with Crippen LogP contribution in [0.2, 0.25) is 0 Å². The van der Waals surface area contributed by atoms with E-state index in [9.17, 15) is 18.0 Å². The van der Waals surface area contributed by atoms with Gasteiger partial charge in [0.05, 0.1) is 13.1 Å². The van der Waals surface area contributed by atoms with Crippen LogP contribution in [0.4, 0.5) is 18.0 Å². The van der Waals surface area contributed by atoms with E-state index in [2.05, 4.69) is 0 Å². The first-order chi connectivity index (χ1) is 8.42. The minimum atomic E-state index is -4.77. The molecule has 19 heavy (non-hydrogen) atoms. The third-order valence-electron chi connectivity index (χ3n) is 2.33. The van der Waals surface area contributed by atoms with Crippen molar-refractivity contribution in [2.75, 3.05) is 13.1 Å². The van der Waals surface area contributed by atoms with Crippen LogP contribution in [0.25, 0.3) is 0 Å². The molecule has 3 N–H and O–H groups in total. The van der Waals surface area contributed by atoms with Gasteiger partial charge in [-0.2, -0.15) is 13.2 Å². The maximum atomic E-state index is 12.4. The van der Waals surface area contributed by atoms with E-state index in [1.165, 1.54) is 0 Å². The van der Waals surface area contributed by atoms with Crippen molar-refractivity contribution in [1.29, 1.82) is 5.41 Å². The number of rotatable bonds is 1. The molecule has 108 valence electrons. The quantitative estimate of drug-likeness (QED) is 0.721. The van der Waals surface area contributed by atoms with Crippen molar-refractivity contribution >= 4 is 11.8 Å². The summed E-state index contributed by atoms with van der Waals surface area (Å²) in [6, 6.07) is 0. The zero-order chi connectivity index (χ0) is 15.0. The Labute approximate surface area is 108 Å². The summed E-state index contributed by atoms with van der Waals surface area (Å²) in [5.41, 5.74) is 2.69. The van der Waals surface area contributed by atoms with Gasteiger partial charge >= 0.3 is 12.3 Å². The molecule has 1 amide bonds. The molecular formula is C11H16F3N3O2. The summed E-state index contributed by atoms with van der Waals surface area (Å²) in [5.74, 6) is 0. The van der Waals surface area contributed by atoms with Crippen molar-refractivity contribution in [2.24, 2.45) is 5.73 Å². The topological polar surface area (TPSA) is 79.4 Å². The number of carbonyl (C=O) groups is 1. The van der Waals surface area contributed by atoms with E-state index < -0.39 is 23.6 Å². The molecule has 0 radical (unpaired) electrons. The summed E-state index contributed by atoms with van der Waals surface area (Å²) in [6.07, 6.45) is -5.52. The van der Waals surface area contributed by atoms with Crippen molar-refractivity contribution in [2.45, 2.75) is 32.5 Å². The first-order valence-corrected chi connectivity index (χ1v) is 5.53. The molecule has 0 bridgehead atoms.